The molecule has 0 amide bonds. The third kappa shape index (κ3) is 2.17. The van der Waals surface area contributed by atoms with Crippen molar-refractivity contribution in [3.05, 3.63) is 48.6 Å². The fourth-order valence-corrected chi connectivity index (χ4v) is 6.16. The molecule has 1 nitrogen and oxygen atoms in total. The Morgan fingerprint density at radius 3 is 2.00 bits per heavy atom. The third-order valence-corrected chi connectivity index (χ3v) is 6.53. The maximum atomic E-state index is 11.0. The highest BCUT2D eigenvalue weighted by Crippen LogP contribution is 2.64. The lowest BCUT2D eigenvalue weighted by atomic mass is 9.46. The minimum Gasteiger partial charge on any atom is -0.388 e. The highest BCUT2D eigenvalue weighted by atomic mass is 16.3. The van der Waals surface area contributed by atoms with Crippen LogP contribution in [0.4, 0.5) is 0 Å². The van der Waals surface area contributed by atoms with Gasteiger partial charge in [-0.05, 0) is 67.3 Å². The van der Waals surface area contributed by atoms with E-state index in [9.17, 15) is 5.11 Å². The Labute approximate surface area is 128 Å². The van der Waals surface area contributed by atoms with Crippen LogP contribution in [0.1, 0.15) is 50.2 Å². The molecule has 0 spiro atoms. The zero-order chi connectivity index (χ0) is 14.4. The van der Waals surface area contributed by atoms with Gasteiger partial charge in [-0.1, -0.05) is 36.4 Å². The predicted octanol–water partition coefficient (Wildman–Crippen LogP) is 4.74. The SMILES string of the molecule is C=CC(C(O)c1ccccc1)C12CC3CC(CC(C3)C1)C2. The Balaban J connectivity index is 1.65. The molecule has 1 heteroatoms. The fourth-order valence-electron chi connectivity index (χ4n) is 6.16. The average Bonchev–Trinajstić information content (AvgIpc) is 2.47. The van der Waals surface area contributed by atoms with Crippen molar-refractivity contribution in [1.82, 2.24) is 0 Å². The van der Waals surface area contributed by atoms with Crippen LogP contribution in [0.2, 0.25) is 0 Å². The van der Waals surface area contributed by atoms with E-state index in [1.54, 1.807) is 0 Å². The summed E-state index contributed by atoms with van der Waals surface area (Å²) in [5.74, 6) is 2.97. The highest BCUT2D eigenvalue weighted by Gasteiger charge is 2.54. The van der Waals surface area contributed by atoms with Crippen LogP contribution in [0.15, 0.2) is 43.0 Å². The van der Waals surface area contributed by atoms with Gasteiger partial charge in [0, 0.05) is 5.92 Å². The number of hydrogen-bond acceptors (Lipinski definition) is 1. The van der Waals surface area contributed by atoms with Gasteiger partial charge >= 0.3 is 0 Å². The molecule has 112 valence electrons. The molecule has 4 fully saturated rings. The Kier molecular flexibility index (Phi) is 3.22. The lowest BCUT2D eigenvalue weighted by Crippen LogP contribution is -2.50. The molecular formula is C20H26O. The maximum absolute atomic E-state index is 11.0. The van der Waals surface area contributed by atoms with Crippen molar-refractivity contribution >= 4 is 0 Å². The quantitative estimate of drug-likeness (QED) is 0.791. The first-order chi connectivity index (χ1) is 10.2. The highest BCUT2D eigenvalue weighted by molar-refractivity contribution is 5.21. The van der Waals surface area contributed by atoms with Gasteiger partial charge in [0.05, 0.1) is 6.10 Å². The van der Waals surface area contributed by atoms with E-state index >= 15 is 0 Å². The van der Waals surface area contributed by atoms with E-state index in [4.69, 9.17) is 0 Å². The van der Waals surface area contributed by atoms with Crippen molar-refractivity contribution in [3.8, 4) is 0 Å². The van der Waals surface area contributed by atoms with Crippen LogP contribution in [-0.2, 0) is 0 Å². The van der Waals surface area contributed by atoms with Crippen molar-refractivity contribution in [1.29, 1.82) is 0 Å². The van der Waals surface area contributed by atoms with E-state index in [0.717, 1.165) is 23.3 Å². The molecule has 1 aromatic carbocycles. The van der Waals surface area contributed by atoms with Gasteiger partial charge in [0.1, 0.15) is 0 Å². The van der Waals surface area contributed by atoms with Gasteiger partial charge in [-0.2, -0.15) is 0 Å². The van der Waals surface area contributed by atoms with Gasteiger partial charge in [-0.15, -0.1) is 6.58 Å². The van der Waals surface area contributed by atoms with E-state index in [-0.39, 0.29) is 12.0 Å². The Morgan fingerprint density at radius 2 is 1.52 bits per heavy atom. The molecule has 1 aromatic rings. The number of benzene rings is 1. The lowest BCUT2D eigenvalue weighted by molar-refractivity contribution is -0.103. The van der Waals surface area contributed by atoms with Gasteiger partial charge in [-0.3, -0.25) is 0 Å². The first-order valence-electron chi connectivity index (χ1n) is 8.56. The van der Waals surface area contributed by atoms with Crippen LogP contribution in [0, 0.1) is 29.1 Å². The summed E-state index contributed by atoms with van der Waals surface area (Å²) >= 11 is 0. The molecule has 2 unspecified atom stereocenters. The average molecular weight is 282 g/mol. The van der Waals surface area contributed by atoms with Crippen molar-refractivity contribution in [2.45, 2.75) is 44.6 Å². The topological polar surface area (TPSA) is 20.2 Å². The van der Waals surface area contributed by atoms with Gasteiger partial charge in [0.15, 0.2) is 0 Å². The monoisotopic (exact) mass is 282 g/mol. The number of rotatable bonds is 4. The Morgan fingerprint density at radius 1 is 1.00 bits per heavy atom. The second kappa shape index (κ2) is 4.98. The first kappa shape index (κ1) is 13.6. The molecule has 0 aromatic heterocycles. The van der Waals surface area contributed by atoms with Crippen LogP contribution in [0.5, 0.6) is 0 Å². The second-order valence-corrected chi connectivity index (χ2v) is 7.90. The first-order valence-corrected chi connectivity index (χ1v) is 8.56. The third-order valence-electron chi connectivity index (χ3n) is 6.53. The van der Waals surface area contributed by atoms with Gasteiger partial charge in [0.25, 0.3) is 0 Å². The maximum Gasteiger partial charge on any atom is 0.0857 e. The minimum atomic E-state index is -0.389. The molecule has 5 rings (SSSR count). The van der Waals surface area contributed by atoms with Gasteiger partial charge < -0.3 is 5.11 Å². The molecule has 0 heterocycles. The van der Waals surface area contributed by atoms with E-state index < -0.39 is 0 Å². The molecule has 4 saturated carbocycles. The summed E-state index contributed by atoms with van der Waals surface area (Å²) in [5.41, 5.74) is 1.38. The number of aliphatic hydroxyl groups excluding tert-OH is 1. The minimum absolute atomic E-state index is 0.216. The van der Waals surface area contributed by atoms with Crippen LogP contribution in [0.3, 0.4) is 0 Å². The zero-order valence-corrected chi connectivity index (χ0v) is 12.7. The molecule has 21 heavy (non-hydrogen) atoms. The summed E-state index contributed by atoms with van der Waals surface area (Å²) in [6, 6.07) is 10.2. The predicted molar refractivity (Wildman–Crippen MR) is 85.7 cm³/mol. The normalized spacial score (nSPS) is 40.0. The van der Waals surface area contributed by atoms with Gasteiger partial charge in [0.2, 0.25) is 0 Å². The summed E-state index contributed by atoms with van der Waals surface area (Å²) in [6.07, 6.45) is 9.98. The van der Waals surface area contributed by atoms with Crippen LogP contribution in [0.25, 0.3) is 0 Å². The summed E-state index contributed by atoms with van der Waals surface area (Å²) in [5, 5.41) is 11.0. The van der Waals surface area contributed by atoms with E-state index in [1.165, 1.54) is 38.5 Å². The van der Waals surface area contributed by atoms with Gasteiger partial charge in [-0.25, -0.2) is 0 Å². The Bertz CT molecular complexity index is 483. The molecule has 4 aliphatic rings. The Hall–Kier alpha value is -1.08. The molecule has 4 aliphatic carbocycles. The molecule has 1 N–H and O–H groups in total. The van der Waals surface area contributed by atoms with E-state index in [2.05, 4.69) is 24.8 Å². The van der Waals surface area contributed by atoms with Crippen molar-refractivity contribution in [2.24, 2.45) is 29.1 Å². The van der Waals surface area contributed by atoms with E-state index in [0.29, 0.717) is 5.41 Å². The molecule has 2 atom stereocenters. The van der Waals surface area contributed by atoms with Crippen LogP contribution < -0.4 is 0 Å². The second-order valence-electron chi connectivity index (χ2n) is 7.90. The van der Waals surface area contributed by atoms with Crippen molar-refractivity contribution in [3.63, 3.8) is 0 Å². The summed E-state index contributed by atoms with van der Waals surface area (Å²) in [7, 11) is 0. The summed E-state index contributed by atoms with van der Waals surface area (Å²) in [4.78, 5) is 0. The van der Waals surface area contributed by atoms with Crippen LogP contribution in [-0.4, -0.2) is 5.11 Å². The molecule has 0 saturated heterocycles. The summed E-state index contributed by atoms with van der Waals surface area (Å²) in [6.45, 7) is 4.10. The molecule has 0 radical (unpaired) electrons. The molecular weight excluding hydrogens is 256 g/mol. The number of hydrogen-bond donors (Lipinski definition) is 1. The molecule has 4 bridgehead atoms. The van der Waals surface area contributed by atoms with Crippen molar-refractivity contribution < 1.29 is 5.11 Å². The van der Waals surface area contributed by atoms with E-state index in [1.807, 2.05) is 18.2 Å². The lowest BCUT2D eigenvalue weighted by Gasteiger charge is -2.59. The summed E-state index contributed by atoms with van der Waals surface area (Å²) < 4.78 is 0. The standard InChI is InChI=1S/C20H26O/c1-2-18(19(21)17-6-4-3-5-7-17)20-11-14-8-15(12-20)10-16(9-14)13-20/h2-7,14-16,18-19,21H,1,8-13H2. The molecule has 0 aliphatic heterocycles. The van der Waals surface area contributed by atoms with Crippen molar-refractivity contribution in [2.75, 3.05) is 0 Å². The fraction of sp³-hybridized carbons (Fsp3) is 0.600. The number of aliphatic hydroxyl groups is 1. The zero-order valence-electron chi connectivity index (χ0n) is 12.7. The largest absolute Gasteiger partial charge is 0.388 e. The van der Waals surface area contributed by atoms with Crippen LogP contribution >= 0.6 is 0 Å². The smallest absolute Gasteiger partial charge is 0.0857 e.